The van der Waals surface area contributed by atoms with Crippen LogP contribution in [0.3, 0.4) is 0 Å². The summed E-state index contributed by atoms with van der Waals surface area (Å²) in [5, 5.41) is 16.1. The molecule has 0 fully saturated rings. The van der Waals surface area contributed by atoms with Crippen LogP contribution in [0.2, 0.25) is 0 Å². The fourth-order valence-corrected chi connectivity index (χ4v) is 1.09. The number of amides is 1. The number of carbonyl (C=O) groups excluding carboxylic acids is 1. The van der Waals surface area contributed by atoms with Gasteiger partial charge in [0.25, 0.3) is 11.6 Å². The van der Waals surface area contributed by atoms with Crippen LogP contribution in [0.4, 0.5) is 11.4 Å². The van der Waals surface area contributed by atoms with Crippen molar-refractivity contribution in [3.63, 3.8) is 0 Å². The summed E-state index contributed by atoms with van der Waals surface area (Å²) in [5.74, 6) is -0.413. The van der Waals surface area contributed by atoms with Crippen molar-refractivity contribution in [3.05, 3.63) is 44.3 Å². The number of hydrogen-bond donors (Lipinski definition) is 1. The van der Waals surface area contributed by atoms with E-state index in [2.05, 4.69) is 15.3 Å². The van der Waals surface area contributed by atoms with Gasteiger partial charge in [0, 0.05) is 23.6 Å². The summed E-state index contributed by atoms with van der Waals surface area (Å²) in [4.78, 5) is 23.6. The van der Waals surface area contributed by atoms with Crippen molar-refractivity contribution in [2.75, 3.05) is 7.05 Å². The number of nitrogens with zero attached hydrogens (tertiary/aromatic N) is 4. The van der Waals surface area contributed by atoms with Crippen molar-refractivity contribution in [1.29, 1.82) is 0 Å². The van der Waals surface area contributed by atoms with Crippen LogP contribution in [0.15, 0.2) is 23.3 Å². The summed E-state index contributed by atoms with van der Waals surface area (Å²) >= 11 is 0. The maximum absolute atomic E-state index is 11.2. The molecule has 0 saturated heterocycles. The van der Waals surface area contributed by atoms with Crippen molar-refractivity contribution >= 4 is 17.3 Å². The molecule has 8 nitrogen and oxygen atoms in total. The Morgan fingerprint density at radius 1 is 1.62 bits per heavy atom. The standard InChI is InChI=1S/C8H7N5O3/c1-10-8(14)5-2-3-7(13(15)16)6(4-5)11-12-9/h2-4H,1H3,(H,10,14). The lowest BCUT2D eigenvalue weighted by Gasteiger charge is -2.01. The quantitative estimate of drug-likeness (QED) is 0.275. The van der Waals surface area contributed by atoms with E-state index in [-0.39, 0.29) is 16.9 Å². The summed E-state index contributed by atoms with van der Waals surface area (Å²) in [6, 6.07) is 3.57. The van der Waals surface area contributed by atoms with Gasteiger partial charge in [0.05, 0.1) is 4.92 Å². The molecular formula is C8H7N5O3. The van der Waals surface area contributed by atoms with Crippen LogP contribution in [0.25, 0.3) is 10.4 Å². The Labute approximate surface area is 89.7 Å². The molecule has 0 radical (unpaired) electrons. The largest absolute Gasteiger partial charge is 0.355 e. The number of azide groups is 1. The van der Waals surface area contributed by atoms with Crippen LogP contribution >= 0.6 is 0 Å². The molecule has 0 aliphatic carbocycles. The van der Waals surface area contributed by atoms with E-state index in [1.54, 1.807) is 0 Å². The molecule has 1 aromatic rings. The zero-order valence-corrected chi connectivity index (χ0v) is 8.25. The number of rotatable bonds is 3. The highest BCUT2D eigenvalue weighted by Crippen LogP contribution is 2.28. The number of carbonyl (C=O) groups is 1. The Balaban J connectivity index is 3.33. The van der Waals surface area contributed by atoms with Crippen molar-refractivity contribution in [2.45, 2.75) is 0 Å². The molecule has 1 N–H and O–H groups in total. The third-order valence-corrected chi connectivity index (χ3v) is 1.81. The van der Waals surface area contributed by atoms with Gasteiger partial charge in [-0.3, -0.25) is 14.9 Å². The number of nitro benzene ring substituents is 1. The Morgan fingerprint density at radius 3 is 2.81 bits per heavy atom. The van der Waals surface area contributed by atoms with Crippen LogP contribution in [0, 0.1) is 10.1 Å². The highest BCUT2D eigenvalue weighted by Gasteiger charge is 2.14. The molecule has 0 aromatic heterocycles. The second-order valence-electron chi connectivity index (χ2n) is 2.73. The normalized spacial score (nSPS) is 9.06. The number of hydrogen-bond acceptors (Lipinski definition) is 4. The van der Waals surface area contributed by atoms with Crippen molar-refractivity contribution < 1.29 is 9.72 Å². The molecule has 0 aliphatic rings. The molecule has 0 aliphatic heterocycles. The second-order valence-corrected chi connectivity index (χ2v) is 2.73. The minimum Gasteiger partial charge on any atom is -0.355 e. The molecule has 1 aromatic carbocycles. The molecule has 0 spiro atoms. The topological polar surface area (TPSA) is 121 Å². The Kier molecular flexibility index (Phi) is 3.41. The minimum absolute atomic E-state index is 0.186. The lowest BCUT2D eigenvalue weighted by molar-refractivity contribution is -0.384. The first-order valence-corrected chi connectivity index (χ1v) is 4.15. The second kappa shape index (κ2) is 4.76. The summed E-state index contributed by atoms with van der Waals surface area (Å²) in [7, 11) is 1.43. The van der Waals surface area contributed by atoms with Crippen LogP contribution in [-0.2, 0) is 0 Å². The number of nitro groups is 1. The van der Waals surface area contributed by atoms with Crippen molar-refractivity contribution in [2.24, 2.45) is 5.11 Å². The summed E-state index contributed by atoms with van der Waals surface area (Å²) in [6.45, 7) is 0. The monoisotopic (exact) mass is 221 g/mol. The number of nitrogens with one attached hydrogen (secondary N) is 1. The lowest BCUT2D eigenvalue weighted by Crippen LogP contribution is -2.17. The van der Waals surface area contributed by atoms with Gasteiger partial charge in [-0.2, -0.15) is 0 Å². The minimum atomic E-state index is -0.683. The molecule has 16 heavy (non-hydrogen) atoms. The smallest absolute Gasteiger partial charge is 0.279 e. The summed E-state index contributed by atoms with van der Waals surface area (Å²) in [6.07, 6.45) is 0. The zero-order chi connectivity index (χ0) is 12.1. The molecule has 1 rings (SSSR count). The summed E-state index contributed by atoms with van der Waals surface area (Å²) < 4.78 is 0. The Bertz CT molecular complexity index is 492. The first-order valence-electron chi connectivity index (χ1n) is 4.15. The molecule has 0 atom stereocenters. The van der Waals surface area contributed by atoms with Gasteiger partial charge in [-0.15, -0.1) is 0 Å². The zero-order valence-electron chi connectivity index (χ0n) is 8.25. The molecular weight excluding hydrogens is 214 g/mol. The van der Waals surface area contributed by atoms with E-state index in [0.29, 0.717) is 0 Å². The maximum atomic E-state index is 11.2. The van der Waals surface area contributed by atoms with Gasteiger partial charge in [0.1, 0.15) is 5.69 Å². The highest BCUT2D eigenvalue weighted by atomic mass is 16.6. The molecule has 0 bridgehead atoms. The molecule has 1 amide bonds. The molecule has 82 valence electrons. The molecule has 0 saturated carbocycles. The highest BCUT2D eigenvalue weighted by molar-refractivity contribution is 5.95. The fourth-order valence-electron chi connectivity index (χ4n) is 1.09. The Hall–Kier alpha value is -2.60. The lowest BCUT2D eigenvalue weighted by atomic mass is 10.1. The van der Waals surface area contributed by atoms with Gasteiger partial charge in [0.15, 0.2) is 0 Å². The van der Waals surface area contributed by atoms with Gasteiger partial charge in [-0.05, 0) is 17.7 Å². The Morgan fingerprint density at radius 2 is 2.31 bits per heavy atom. The van der Waals surface area contributed by atoms with Gasteiger partial charge in [0.2, 0.25) is 0 Å². The van der Waals surface area contributed by atoms with Gasteiger partial charge in [-0.1, -0.05) is 5.11 Å². The molecule has 0 heterocycles. The van der Waals surface area contributed by atoms with Crippen LogP contribution in [0.1, 0.15) is 10.4 Å². The van der Waals surface area contributed by atoms with E-state index in [1.807, 2.05) is 0 Å². The third-order valence-electron chi connectivity index (χ3n) is 1.81. The van der Waals surface area contributed by atoms with E-state index < -0.39 is 10.8 Å². The van der Waals surface area contributed by atoms with Gasteiger partial charge >= 0.3 is 0 Å². The average molecular weight is 221 g/mol. The summed E-state index contributed by atoms with van der Waals surface area (Å²) in [5.41, 5.74) is 7.91. The third kappa shape index (κ3) is 2.25. The van der Waals surface area contributed by atoms with Crippen molar-refractivity contribution in [1.82, 2.24) is 5.32 Å². The van der Waals surface area contributed by atoms with Gasteiger partial charge in [-0.25, -0.2) is 0 Å². The van der Waals surface area contributed by atoms with E-state index in [4.69, 9.17) is 5.53 Å². The first-order chi connectivity index (χ1) is 7.60. The van der Waals surface area contributed by atoms with E-state index >= 15 is 0 Å². The van der Waals surface area contributed by atoms with Crippen LogP contribution < -0.4 is 5.32 Å². The molecule has 0 unspecified atom stereocenters. The predicted molar refractivity (Wildman–Crippen MR) is 55.3 cm³/mol. The van der Waals surface area contributed by atoms with Crippen LogP contribution in [0.5, 0.6) is 0 Å². The van der Waals surface area contributed by atoms with Gasteiger partial charge < -0.3 is 5.32 Å². The predicted octanol–water partition coefficient (Wildman–Crippen LogP) is 1.90. The molecule has 8 heteroatoms. The van der Waals surface area contributed by atoms with E-state index in [0.717, 1.165) is 12.1 Å². The average Bonchev–Trinajstić information content (AvgIpc) is 2.28. The van der Waals surface area contributed by atoms with Crippen LogP contribution in [-0.4, -0.2) is 17.9 Å². The number of benzene rings is 1. The maximum Gasteiger partial charge on any atom is 0.279 e. The fraction of sp³-hybridized carbons (Fsp3) is 0.125. The van der Waals surface area contributed by atoms with E-state index in [9.17, 15) is 14.9 Å². The first kappa shape index (κ1) is 11.5. The van der Waals surface area contributed by atoms with Crippen molar-refractivity contribution in [3.8, 4) is 0 Å². The SMILES string of the molecule is CNC(=O)c1ccc([N+](=O)[O-])c(N=[N+]=[N-])c1. The van der Waals surface area contributed by atoms with E-state index in [1.165, 1.54) is 13.1 Å².